The third-order valence-corrected chi connectivity index (χ3v) is 2.07. The van der Waals surface area contributed by atoms with Crippen LogP contribution in [0.4, 0.5) is 8.78 Å². The van der Waals surface area contributed by atoms with Gasteiger partial charge >= 0.3 is 0 Å². The van der Waals surface area contributed by atoms with Crippen molar-refractivity contribution >= 4 is 0 Å². The lowest BCUT2D eigenvalue weighted by Crippen LogP contribution is -2.48. The van der Waals surface area contributed by atoms with E-state index < -0.39 is 11.8 Å². The Labute approximate surface area is 65.4 Å². The van der Waals surface area contributed by atoms with Crippen LogP contribution in [-0.2, 0) is 0 Å². The molecular formula is C7H14F2N2. The molecule has 1 unspecified atom stereocenters. The minimum absolute atomic E-state index is 0.0284. The molecule has 1 aliphatic rings. The van der Waals surface area contributed by atoms with Crippen molar-refractivity contribution in [2.45, 2.75) is 12.3 Å². The predicted molar refractivity (Wildman–Crippen MR) is 39.9 cm³/mol. The molecule has 66 valence electrons. The second-order valence-corrected chi connectivity index (χ2v) is 2.97. The molecule has 0 aromatic carbocycles. The zero-order valence-electron chi connectivity index (χ0n) is 6.66. The monoisotopic (exact) mass is 164 g/mol. The Balaban J connectivity index is 2.45. The van der Waals surface area contributed by atoms with Crippen molar-refractivity contribution < 1.29 is 8.78 Å². The number of nitrogens with one attached hydrogen (secondary N) is 2. The van der Waals surface area contributed by atoms with Crippen molar-refractivity contribution in [2.75, 3.05) is 26.7 Å². The molecule has 0 bridgehead atoms. The average molecular weight is 164 g/mol. The SMILES string of the molecule is CNCC1CNCCC1(F)F. The molecule has 1 saturated heterocycles. The highest BCUT2D eigenvalue weighted by atomic mass is 19.3. The molecular weight excluding hydrogens is 150 g/mol. The first-order valence-electron chi connectivity index (χ1n) is 3.90. The van der Waals surface area contributed by atoms with Crippen molar-refractivity contribution in [2.24, 2.45) is 5.92 Å². The van der Waals surface area contributed by atoms with Crippen molar-refractivity contribution in [1.29, 1.82) is 0 Å². The molecule has 0 radical (unpaired) electrons. The highest BCUT2D eigenvalue weighted by molar-refractivity contribution is 4.85. The normalized spacial score (nSPS) is 30.3. The first-order valence-corrected chi connectivity index (χ1v) is 3.90. The number of piperidine rings is 1. The maximum Gasteiger partial charge on any atom is 0.254 e. The van der Waals surface area contributed by atoms with Crippen LogP contribution in [-0.4, -0.2) is 32.6 Å². The number of hydrogen-bond donors (Lipinski definition) is 2. The summed E-state index contributed by atoms with van der Waals surface area (Å²) in [6.45, 7) is 1.25. The Hall–Kier alpha value is -0.220. The van der Waals surface area contributed by atoms with Crippen LogP contribution in [0.1, 0.15) is 6.42 Å². The maximum absolute atomic E-state index is 13.0. The van der Waals surface area contributed by atoms with Gasteiger partial charge in [-0.15, -0.1) is 0 Å². The smallest absolute Gasteiger partial charge is 0.254 e. The summed E-state index contributed by atoms with van der Waals surface area (Å²) in [5.74, 6) is -3.02. The van der Waals surface area contributed by atoms with Crippen molar-refractivity contribution in [1.82, 2.24) is 10.6 Å². The Kier molecular flexibility index (Phi) is 2.78. The van der Waals surface area contributed by atoms with E-state index in [2.05, 4.69) is 10.6 Å². The van der Waals surface area contributed by atoms with Gasteiger partial charge in [0, 0.05) is 32.0 Å². The van der Waals surface area contributed by atoms with E-state index in [9.17, 15) is 8.78 Å². The largest absolute Gasteiger partial charge is 0.319 e. The van der Waals surface area contributed by atoms with E-state index in [1.807, 2.05) is 0 Å². The van der Waals surface area contributed by atoms with Crippen LogP contribution in [0.15, 0.2) is 0 Å². The topological polar surface area (TPSA) is 24.1 Å². The lowest BCUT2D eigenvalue weighted by molar-refractivity contribution is -0.0763. The molecule has 1 fully saturated rings. The summed E-state index contributed by atoms with van der Waals surface area (Å²) in [7, 11) is 1.70. The Morgan fingerprint density at radius 1 is 1.64 bits per heavy atom. The molecule has 0 spiro atoms. The van der Waals surface area contributed by atoms with E-state index in [4.69, 9.17) is 0 Å². The quantitative estimate of drug-likeness (QED) is 0.619. The summed E-state index contributed by atoms with van der Waals surface area (Å²) in [6, 6.07) is 0. The van der Waals surface area contributed by atoms with Gasteiger partial charge in [0.25, 0.3) is 5.92 Å². The summed E-state index contributed by atoms with van der Waals surface area (Å²) in [5.41, 5.74) is 0. The predicted octanol–water partition coefficient (Wildman–Crippen LogP) is 0.451. The molecule has 4 heteroatoms. The van der Waals surface area contributed by atoms with Crippen LogP contribution in [0.2, 0.25) is 0 Å². The third-order valence-electron chi connectivity index (χ3n) is 2.07. The lowest BCUT2D eigenvalue weighted by Gasteiger charge is -2.31. The first-order chi connectivity index (χ1) is 5.17. The molecule has 2 N–H and O–H groups in total. The van der Waals surface area contributed by atoms with E-state index in [1.165, 1.54) is 0 Å². The fourth-order valence-corrected chi connectivity index (χ4v) is 1.35. The second-order valence-electron chi connectivity index (χ2n) is 2.97. The lowest BCUT2D eigenvalue weighted by atomic mass is 9.95. The van der Waals surface area contributed by atoms with E-state index in [0.717, 1.165) is 0 Å². The molecule has 0 aliphatic carbocycles. The number of alkyl halides is 2. The molecule has 1 heterocycles. The van der Waals surface area contributed by atoms with Crippen molar-refractivity contribution in [3.8, 4) is 0 Å². The molecule has 0 aromatic rings. The van der Waals surface area contributed by atoms with Crippen LogP contribution < -0.4 is 10.6 Å². The van der Waals surface area contributed by atoms with Gasteiger partial charge in [-0.2, -0.15) is 0 Å². The van der Waals surface area contributed by atoms with E-state index in [1.54, 1.807) is 7.05 Å². The van der Waals surface area contributed by atoms with Gasteiger partial charge in [0.15, 0.2) is 0 Å². The molecule has 1 atom stereocenters. The minimum atomic E-state index is -2.48. The summed E-state index contributed by atoms with van der Waals surface area (Å²) in [5, 5.41) is 5.73. The highest BCUT2D eigenvalue weighted by Gasteiger charge is 2.40. The average Bonchev–Trinajstić information content (AvgIpc) is 1.94. The fraction of sp³-hybridized carbons (Fsp3) is 1.00. The fourth-order valence-electron chi connectivity index (χ4n) is 1.35. The van der Waals surface area contributed by atoms with Gasteiger partial charge in [-0.05, 0) is 7.05 Å². The Morgan fingerprint density at radius 2 is 2.36 bits per heavy atom. The Bertz CT molecular complexity index is 126. The summed E-state index contributed by atoms with van der Waals surface area (Å²) in [6.07, 6.45) is -0.0284. The van der Waals surface area contributed by atoms with Gasteiger partial charge in [0.05, 0.1) is 0 Å². The van der Waals surface area contributed by atoms with Crippen LogP contribution >= 0.6 is 0 Å². The summed E-state index contributed by atoms with van der Waals surface area (Å²) < 4.78 is 26.0. The minimum Gasteiger partial charge on any atom is -0.319 e. The molecule has 0 aromatic heterocycles. The first kappa shape index (κ1) is 8.87. The van der Waals surface area contributed by atoms with Crippen molar-refractivity contribution in [3.05, 3.63) is 0 Å². The molecule has 0 saturated carbocycles. The van der Waals surface area contributed by atoms with Crippen molar-refractivity contribution in [3.63, 3.8) is 0 Å². The van der Waals surface area contributed by atoms with Gasteiger partial charge in [0.2, 0.25) is 0 Å². The van der Waals surface area contributed by atoms with E-state index in [-0.39, 0.29) is 6.42 Å². The van der Waals surface area contributed by atoms with E-state index in [0.29, 0.717) is 19.6 Å². The third kappa shape index (κ3) is 2.10. The van der Waals surface area contributed by atoms with Crippen LogP contribution in [0.25, 0.3) is 0 Å². The highest BCUT2D eigenvalue weighted by Crippen LogP contribution is 2.29. The molecule has 2 nitrogen and oxygen atoms in total. The molecule has 11 heavy (non-hydrogen) atoms. The zero-order valence-corrected chi connectivity index (χ0v) is 6.66. The summed E-state index contributed by atoms with van der Waals surface area (Å²) >= 11 is 0. The van der Waals surface area contributed by atoms with Crippen LogP contribution in [0, 0.1) is 5.92 Å². The molecule has 0 amide bonds. The van der Waals surface area contributed by atoms with E-state index >= 15 is 0 Å². The Morgan fingerprint density at radius 3 is 2.91 bits per heavy atom. The number of halogens is 2. The van der Waals surface area contributed by atoms with Gasteiger partial charge < -0.3 is 10.6 Å². The van der Waals surface area contributed by atoms with Crippen LogP contribution in [0.3, 0.4) is 0 Å². The van der Waals surface area contributed by atoms with Gasteiger partial charge in [-0.3, -0.25) is 0 Å². The zero-order chi connectivity index (χ0) is 8.32. The number of hydrogen-bond acceptors (Lipinski definition) is 2. The molecule has 1 aliphatic heterocycles. The van der Waals surface area contributed by atoms with Gasteiger partial charge in [-0.25, -0.2) is 8.78 Å². The number of rotatable bonds is 2. The standard InChI is InChI=1S/C7H14F2N2/c1-10-4-6-5-11-3-2-7(6,8)9/h6,10-11H,2-5H2,1H3. The second kappa shape index (κ2) is 3.45. The van der Waals surface area contributed by atoms with Gasteiger partial charge in [0.1, 0.15) is 0 Å². The van der Waals surface area contributed by atoms with Crippen LogP contribution in [0.5, 0.6) is 0 Å². The molecule has 1 rings (SSSR count). The summed E-state index contributed by atoms with van der Waals surface area (Å²) in [4.78, 5) is 0. The van der Waals surface area contributed by atoms with Gasteiger partial charge in [-0.1, -0.05) is 0 Å². The maximum atomic E-state index is 13.0.